The van der Waals surface area contributed by atoms with E-state index < -0.39 is 0 Å². The quantitative estimate of drug-likeness (QED) is 0.327. The molecule has 0 saturated carbocycles. The van der Waals surface area contributed by atoms with Crippen LogP contribution in [0.3, 0.4) is 0 Å². The van der Waals surface area contributed by atoms with E-state index >= 15 is 0 Å². The molecule has 1 fully saturated rings. The van der Waals surface area contributed by atoms with E-state index in [9.17, 15) is 0 Å². The van der Waals surface area contributed by atoms with Crippen LogP contribution in [0.2, 0.25) is 0 Å². The third-order valence-electron chi connectivity index (χ3n) is 1.06. The predicted octanol–water partition coefficient (Wildman–Crippen LogP) is -0.190. The van der Waals surface area contributed by atoms with E-state index in [1.54, 1.807) is 0 Å². The highest BCUT2D eigenvalue weighted by molar-refractivity contribution is 5.87. The molecule has 1 heterocycles. The van der Waals surface area contributed by atoms with Gasteiger partial charge in [0.15, 0.2) is 0 Å². The first-order chi connectivity index (χ1) is 3.43. The van der Waals surface area contributed by atoms with Crippen molar-refractivity contribution in [2.45, 2.75) is 6.42 Å². The monoisotopic (exact) mass is 100 g/mol. The fraction of sp³-hybridized carbons (Fsp3) is 0.750. The van der Waals surface area contributed by atoms with Crippen molar-refractivity contribution in [2.75, 3.05) is 13.1 Å². The van der Waals surface area contributed by atoms with Crippen LogP contribution in [0, 0.1) is 0 Å². The Balaban J connectivity index is 2.41. The van der Waals surface area contributed by atoms with Crippen LogP contribution in [0.15, 0.2) is 5.16 Å². The van der Waals surface area contributed by atoms with Crippen molar-refractivity contribution in [3.63, 3.8) is 0 Å². The summed E-state index contributed by atoms with van der Waals surface area (Å²) in [5.41, 5.74) is 0.861. The van der Waals surface area contributed by atoms with Crippen molar-refractivity contribution in [3.8, 4) is 0 Å². The summed E-state index contributed by atoms with van der Waals surface area (Å²) in [5, 5.41) is 14.2. The lowest BCUT2D eigenvalue weighted by molar-refractivity contribution is 0.318. The molecule has 3 heteroatoms. The van der Waals surface area contributed by atoms with Gasteiger partial charge in [0.05, 0.1) is 5.71 Å². The molecule has 1 aliphatic heterocycles. The van der Waals surface area contributed by atoms with Gasteiger partial charge < -0.3 is 10.5 Å². The molecule has 3 nitrogen and oxygen atoms in total. The Morgan fingerprint density at radius 3 is 2.86 bits per heavy atom. The second kappa shape index (κ2) is 1.93. The molecular formula is C4H8N2O. The Kier molecular flexibility index (Phi) is 1.26. The molecule has 0 aromatic rings. The summed E-state index contributed by atoms with van der Waals surface area (Å²) < 4.78 is 0. The summed E-state index contributed by atoms with van der Waals surface area (Å²) in [6, 6.07) is 0. The summed E-state index contributed by atoms with van der Waals surface area (Å²) >= 11 is 0. The molecule has 0 bridgehead atoms. The Hall–Kier alpha value is -0.570. The zero-order chi connectivity index (χ0) is 5.11. The van der Waals surface area contributed by atoms with Crippen molar-refractivity contribution in [1.82, 2.24) is 5.32 Å². The minimum Gasteiger partial charge on any atom is -0.411 e. The normalized spacial score (nSPS) is 26.6. The third kappa shape index (κ3) is 0.899. The molecule has 2 N–H and O–H groups in total. The minimum atomic E-state index is 0.760. The van der Waals surface area contributed by atoms with E-state index in [-0.39, 0.29) is 0 Å². The van der Waals surface area contributed by atoms with Gasteiger partial charge in [-0.3, -0.25) is 0 Å². The summed E-state index contributed by atoms with van der Waals surface area (Å²) in [4.78, 5) is 0. The summed E-state index contributed by atoms with van der Waals surface area (Å²) in [7, 11) is 0. The SMILES string of the molecule is O/N=C1\CCNC1. The second-order valence-electron chi connectivity index (χ2n) is 1.59. The highest BCUT2D eigenvalue weighted by atomic mass is 16.4. The lowest BCUT2D eigenvalue weighted by atomic mass is 10.3. The van der Waals surface area contributed by atoms with Gasteiger partial charge in [-0.2, -0.15) is 0 Å². The number of rotatable bonds is 0. The van der Waals surface area contributed by atoms with Gasteiger partial charge in [0.2, 0.25) is 0 Å². The zero-order valence-corrected chi connectivity index (χ0v) is 4.02. The molecule has 1 rings (SSSR count). The Morgan fingerprint density at radius 1 is 1.71 bits per heavy atom. The predicted molar refractivity (Wildman–Crippen MR) is 26.7 cm³/mol. The molecule has 0 radical (unpaired) electrons. The van der Waals surface area contributed by atoms with Gasteiger partial charge in [-0.1, -0.05) is 5.16 Å². The van der Waals surface area contributed by atoms with Crippen LogP contribution in [0.25, 0.3) is 0 Å². The fourth-order valence-electron chi connectivity index (χ4n) is 0.639. The van der Waals surface area contributed by atoms with Crippen LogP contribution in [0.5, 0.6) is 0 Å². The van der Waals surface area contributed by atoms with E-state index in [1.807, 2.05) is 0 Å². The highest BCUT2D eigenvalue weighted by Crippen LogP contribution is 1.89. The standard InChI is InChI=1S/C4H8N2O/c7-6-4-1-2-5-3-4/h5,7H,1-3H2/b6-4+. The molecule has 0 aromatic carbocycles. The molecule has 0 aromatic heterocycles. The Morgan fingerprint density at radius 2 is 2.57 bits per heavy atom. The van der Waals surface area contributed by atoms with E-state index in [1.165, 1.54) is 0 Å². The van der Waals surface area contributed by atoms with Crippen molar-refractivity contribution in [1.29, 1.82) is 0 Å². The van der Waals surface area contributed by atoms with E-state index in [4.69, 9.17) is 5.21 Å². The Bertz CT molecular complexity index is 81.7. The molecule has 0 spiro atoms. The van der Waals surface area contributed by atoms with Crippen LogP contribution in [0.1, 0.15) is 6.42 Å². The van der Waals surface area contributed by atoms with Crippen molar-refractivity contribution in [3.05, 3.63) is 0 Å². The number of nitrogens with zero attached hydrogens (tertiary/aromatic N) is 1. The number of hydrogen-bond donors (Lipinski definition) is 2. The molecule has 1 saturated heterocycles. The largest absolute Gasteiger partial charge is 0.411 e. The van der Waals surface area contributed by atoms with Gasteiger partial charge in [0, 0.05) is 19.5 Å². The maximum absolute atomic E-state index is 8.11. The lowest BCUT2D eigenvalue weighted by Crippen LogP contribution is -2.07. The molecule has 0 aliphatic carbocycles. The van der Waals surface area contributed by atoms with Crippen LogP contribution in [-0.4, -0.2) is 24.0 Å². The lowest BCUT2D eigenvalue weighted by Gasteiger charge is -1.81. The van der Waals surface area contributed by atoms with Gasteiger partial charge >= 0.3 is 0 Å². The first-order valence-corrected chi connectivity index (χ1v) is 2.34. The van der Waals surface area contributed by atoms with Gasteiger partial charge in [-0.15, -0.1) is 0 Å². The maximum Gasteiger partial charge on any atom is 0.0720 e. The maximum atomic E-state index is 8.11. The fourth-order valence-corrected chi connectivity index (χ4v) is 0.639. The zero-order valence-electron chi connectivity index (χ0n) is 4.02. The number of hydrogen-bond acceptors (Lipinski definition) is 3. The molecule has 0 unspecified atom stereocenters. The molecule has 0 amide bonds. The molecule has 1 aliphatic rings. The highest BCUT2D eigenvalue weighted by Gasteiger charge is 2.05. The first kappa shape index (κ1) is 4.59. The first-order valence-electron chi connectivity index (χ1n) is 2.34. The molecular weight excluding hydrogens is 92.1 g/mol. The molecule has 40 valence electrons. The third-order valence-corrected chi connectivity index (χ3v) is 1.06. The van der Waals surface area contributed by atoms with Gasteiger partial charge in [-0.25, -0.2) is 0 Å². The summed E-state index contributed by atoms with van der Waals surface area (Å²) in [6.07, 6.45) is 0.899. The molecule has 7 heavy (non-hydrogen) atoms. The second-order valence-corrected chi connectivity index (χ2v) is 1.59. The van der Waals surface area contributed by atoms with E-state index in [2.05, 4.69) is 10.5 Å². The summed E-state index contributed by atoms with van der Waals surface area (Å²) in [6.45, 7) is 1.72. The Labute approximate surface area is 42.0 Å². The van der Waals surface area contributed by atoms with E-state index in [0.717, 1.165) is 25.2 Å². The van der Waals surface area contributed by atoms with Crippen LogP contribution in [-0.2, 0) is 0 Å². The van der Waals surface area contributed by atoms with Crippen LogP contribution < -0.4 is 5.32 Å². The van der Waals surface area contributed by atoms with E-state index in [0.29, 0.717) is 0 Å². The van der Waals surface area contributed by atoms with Gasteiger partial charge in [0.1, 0.15) is 0 Å². The summed E-state index contributed by atoms with van der Waals surface area (Å²) in [5.74, 6) is 0. The van der Waals surface area contributed by atoms with Crippen molar-refractivity contribution >= 4 is 5.71 Å². The minimum absolute atomic E-state index is 0.760. The van der Waals surface area contributed by atoms with Crippen molar-refractivity contribution in [2.24, 2.45) is 5.16 Å². The number of oxime groups is 1. The smallest absolute Gasteiger partial charge is 0.0720 e. The van der Waals surface area contributed by atoms with Gasteiger partial charge in [0.25, 0.3) is 0 Å². The number of nitrogens with one attached hydrogen (secondary N) is 1. The molecule has 0 atom stereocenters. The topological polar surface area (TPSA) is 44.6 Å². The van der Waals surface area contributed by atoms with Gasteiger partial charge in [-0.05, 0) is 0 Å². The van der Waals surface area contributed by atoms with Crippen molar-refractivity contribution < 1.29 is 5.21 Å². The van der Waals surface area contributed by atoms with Crippen LogP contribution in [0.4, 0.5) is 0 Å². The average Bonchev–Trinajstić information content (AvgIpc) is 2.14. The average molecular weight is 100 g/mol. The van der Waals surface area contributed by atoms with Crippen LogP contribution >= 0.6 is 0 Å².